The lowest BCUT2D eigenvalue weighted by atomic mass is 9.96. The van der Waals surface area contributed by atoms with Gasteiger partial charge in [0.05, 0.1) is 6.20 Å². The molecule has 130 valence electrons. The fourth-order valence-corrected chi connectivity index (χ4v) is 3.87. The highest BCUT2D eigenvalue weighted by Gasteiger charge is 2.27. The number of aromatic amines is 2. The van der Waals surface area contributed by atoms with Gasteiger partial charge in [0.1, 0.15) is 6.04 Å². The van der Waals surface area contributed by atoms with Crippen LogP contribution in [-0.2, 0) is 0 Å². The largest absolute Gasteiger partial charge is 0.358 e. The normalized spacial score (nSPS) is 12.3. The lowest BCUT2D eigenvalue weighted by Crippen LogP contribution is -2.19. The number of fused-ring (bicyclic) bond motifs is 1. The molecule has 0 saturated carbocycles. The van der Waals surface area contributed by atoms with Gasteiger partial charge in [-0.1, -0.05) is 53.5 Å². The van der Waals surface area contributed by atoms with Gasteiger partial charge in [0, 0.05) is 43.8 Å². The van der Waals surface area contributed by atoms with E-state index < -0.39 is 0 Å². The van der Waals surface area contributed by atoms with Crippen molar-refractivity contribution in [2.24, 2.45) is 0 Å². The first-order chi connectivity index (χ1) is 12.6. The van der Waals surface area contributed by atoms with Crippen molar-refractivity contribution in [3.05, 3.63) is 93.7 Å². The van der Waals surface area contributed by atoms with E-state index in [0.717, 1.165) is 22.6 Å². The van der Waals surface area contributed by atoms with Gasteiger partial charge in [-0.2, -0.15) is 0 Å². The zero-order chi connectivity index (χ0) is 18.1. The van der Waals surface area contributed by atoms with E-state index in [9.17, 15) is 0 Å². The number of aromatic nitrogens is 2. The van der Waals surface area contributed by atoms with Crippen molar-refractivity contribution >= 4 is 39.9 Å². The average molecular weight is 383 g/mol. The Morgan fingerprint density at radius 2 is 1.81 bits per heavy atom. The number of rotatable bonds is 4. The summed E-state index contributed by atoms with van der Waals surface area (Å²) < 4.78 is 0. The molecule has 0 saturated heterocycles. The Morgan fingerprint density at radius 1 is 1.00 bits per heavy atom. The first-order valence-corrected chi connectivity index (χ1v) is 9.14. The summed E-state index contributed by atoms with van der Waals surface area (Å²) >= 11 is 12.7. The first kappa shape index (κ1) is 17.0. The Bertz CT molecular complexity index is 1060. The number of anilines is 1. The molecule has 0 radical (unpaired) electrons. The number of nitrogens with one attached hydrogen (secondary N) is 3. The van der Waals surface area contributed by atoms with Crippen LogP contribution >= 0.6 is 23.2 Å². The molecule has 0 aliphatic heterocycles. The molecule has 4 rings (SSSR count). The van der Waals surface area contributed by atoms with Crippen LogP contribution < -0.4 is 10.3 Å². The lowest BCUT2D eigenvalue weighted by Gasteiger charge is -2.17. The predicted molar refractivity (Wildman–Crippen MR) is 108 cm³/mol. The van der Waals surface area contributed by atoms with Crippen molar-refractivity contribution in [1.29, 1.82) is 0 Å². The fraction of sp³-hybridized carbons (Fsp3) is 0.0952. The molecule has 0 fully saturated rings. The number of H-pyrrole nitrogens is 2. The van der Waals surface area contributed by atoms with Crippen LogP contribution in [-0.4, -0.2) is 4.98 Å². The topological polar surface area (TPSA) is 42.0 Å². The zero-order valence-electron chi connectivity index (χ0n) is 14.2. The van der Waals surface area contributed by atoms with Gasteiger partial charge in [-0.15, -0.1) is 0 Å². The van der Waals surface area contributed by atoms with E-state index in [-0.39, 0.29) is 6.04 Å². The highest BCUT2D eigenvalue weighted by molar-refractivity contribution is 6.35. The molecule has 1 atom stereocenters. The summed E-state index contributed by atoms with van der Waals surface area (Å²) in [6.07, 6.45) is 1.89. The van der Waals surface area contributed by atoms with E-state index in [1.165, 1.54) is 10.9 Å². The molecule has 0 spiro atoms. The summed E-state index contributed by atoms with van der Waals surface area (Å²) in [7, 11) is 0. The number of para-hydroxylation sites is 1. The average Bonchev–Trinajstić information content (AvgIpc) is 2.97. The second-order valence-corrected chi connectivity index (χ2v) is 7.07. The van der Waals surface area contributed by atoms with Crippen molar-refractivity contribution in [1.82, 2.24) is 4.98 Å². The lowest BCUT2D eigenvalue weighted by molar-refractivity contribution is -0.361. The predicted octanol–water partition coefficient (Wildman–Crippen LogP) is 5.80. The summed E-state index contributed by atoms with van der Waals surface area (Å²) in [5, 5.41) is 6.02. The Balaban J connectivity index is 1.91. The maximum Gasteiger partial charge on any atom is 0.272 e. The monoisotopic (exact) mass is 382 g/mol. The third-order valence-corrected chi connectivity index (χ3v) is 5.08. The molecule has 2 heterocycles. The SMILES string of the molecule is Cc1[nH]c2ccccc2c1C(Nc1cccc[nH+]1)c1ccc(Cl)cc1Cl. The highest BCUT2D eigenvalue weighted by atomic mass is 35.5. The maximum absolute atomic E-state index is 6.57. The molecule has 1 unspecified atom stereocenters. The van der Waals surface area contributed by atoms with Gasteiger partial charge in [0.15, 0.2) is 0 Å². The van der Waals surface area contributed by atoms with E-state index in [1.54, 1.807) is 6.07 Å². The molecule has 5 heteroatoms. The van der Waals surface area contributed by atoms with Crippen LogP contribution in [0.15, 0.2) is 66.9 Å². The number of hydrogen-bond acceptors (Lipinski definition) is 1. The van der Waals surface area contributed by atoms with Crippen LogP contribution in [0.5, 0.6) is 0 Å². The van der Waals surface area contributed by atoms with Crippen molar-refractivity contribution < 1.29 is 4.98 Å². The van der Waals surface area contributed by atoms with Gasteiger partial charge in [-0.3, -0.25) is 5.32 Å². The van der Waals surface area contributed by atoms with E-state index in [4.69, 9.17) is 23.2 Å². The van der Waals surface area contributed by atoms with Gasteiger partial charge >= 0.3 is 0 Å². The quantitative estimate of drug-likeness (QED) is 0.460. The van der Waals surface area contributed by atoms with Gasteiger partial charge in [0.2, 0.25) is 0 Å². The molecule has 0 amide bonds. The molecule has 3 nitrogen and oxygen atoms in total. The molecule has 2 aromatic carbocycles. The zero-order valence-corrected chi connectivity index (χ0v) is 15.7. The molecule has 4 aromatic rings. The van der Waals surface area contributed by atoms with E-state index in [2.05, 4.69) is 34.3 Å². The van der Waals surface area contributed by atoms with Crippen LogP contribution in [0.2, 0.25) is 10.0 Å². The van der Waals surface area contributed by atoms with Crippen molar-refractivity contribution in [2.45, 2.75) is 13.0 Å². The Kier molecular flexibility index (Phi) is 4.58. The summed E-state index contributed by atoms with van der Waals surface area (Å²) in [6.45, 7) is 2.09. The molecular weight excluding hydrogens is 365 g/mol. The van der Waals surface area contributed by atoms with Crippen LogP contribution in [0, 0.1) is 6.92 Å². The third-order valence-electron chi connectivity index (χ3n) is 4.51. The van der Waals surface area contributed by atoms with Crippen LogP contribution in [0.3, 0.4) is 0 Å². The van der Waals surface area contributed by atoms with Crippen molar-refractivity contribution in [3.8, 4) is 0 Å². The van der Waals surface area contributed by atoms with Crippen LogP contribution in [0.1, 0.15) is 22.9 Å². The second-order valence-electron chi connectivity index (χ2n) is 6.23. The number of benzene rings is 2. The summed E-state index contributed by atoms with van der Waals surface area (Å²) in [4.78, 5) is 6.71. The van der Waals surface area contributed by atoms with Crippen LogP contribution in [0.4, 0.5) is 5.82 Å². The molecule has 3 N–H and O–H groups in total. The van der Waals surface area contributed by atoms with Gasteiger partial charge in [-0.05, 0) is 31.2 Å². The third kappa shape index (κ3) is 3.16. The Morgan fingerprint density at radius 3 is 2.58 bits per heavy atom. The second kappa shape index (κ2) is 7.02. The van der Waals surface area contributed by atoms with Gasteiger partial charge in [-0.25, -0.2) is 4.98 Å². The maximum atomic E-state index is 6.57. The van der Waals surface area contributed by atoms with E-state index in [0.29, 0.717) is 10.0 Å². The number of halogens is 2. The number of pyridine rings is 1. The van der Waals surface area contributed by atoms with Crippen molar-refractivity contribution in [3.63, 3.8) is 0 Å². The minimum atomic E-state index is -0.130. The first-order valence-electron chi connectivity index (χ1n) is 8.39. The van der Waals surface area contributed by atoms with E-state index >= 15 is 0 Å². The van der Waals surface area contributed by atoms with Crippen LogP contribution in [0.25, 0.3) is 10.9 Å². The molecular formula is C21H18Cl2N3+. The van der Waals surface area contributed by atoms with E-state index in [1.807, 2.05) is 48.7 Å². The minimum absolute atomic E-state index is 0.130. The standard InChI is InChI=1S/C21H17Cl2N3/c1-13-20(16-6-2-3-7-18(16)25-13)21(26-19-8-4-5-11-24-19)15-10-9-14(22)12-17(15)23/h2-12,21,25H,1H3,(H,24,26)/p+1. The van der Waals surface area contributed by atoms with Gasteiger partial charge < -0.3 is 4.98 Å². The Hall–Kier alpha value is -2.49. The van der Waals surface area contributed by atoms with Crippen molar-refractivity contribution in [2.75, 3.05) is 5.32 Å². The molecule has 0 bridgehead atoms. The summed E-state index contributed by atoms with van der Waals surface area (Å²) in [5.41, 5.74) is 4.35. The highest BCUT2D eigenvalue weighted by Crippen LogP contribution is 2.37. The molecule has 26 heavy (non-hydrogen) atoms. The number of aryl methyl sites for hydroxylation is 1. The van der Waals surface area contributed by atoms with Gasteiger partial charge in [0.25, 0.3) is 5.82 Å². The summed E-state index contributed by atoms with van der Waals surface area (Å²) in [5.74, 6) is 0.910. The molecule has 0 aliphatic rings. The Labute approximate surface area is 162 Å². The fourth-order valence-electron chi connectivity index (χ4n) is 3.35. The smallest absolute Gasteiger partial charge is 0.272 e. The minimum Gasteiger partial charge on any atom is -0.358 e. The number of hydrogen-bond donors (Lipinski definition) is 2. The molecule has 2 aromatic heterocycles. The summed E-state index contributed by atoms with van der Waals surface area (Å²) in [6, 6.07) is 19.7. The molecule has 0 aliphatic carbocycles.